The van der Waals surface area contributed by atoms with E-state index in [1.54, 1.807) is 39.8 Å². The number of ether oxygens (including phenoxy) is 2. The van der Waals surface area contributed by atoms with E-state index < -0.39 is 18.0 Å². The van der Waals surface area contributed by atoms with Gasteiger partial charge >= 0.3 is 11.9 Å². The summed E-state index contributed by atoms with van der Waals surface area (Å²) in [6.45, 7) is 7.55. The zero-order valence-electron chi connectivity index (χ0n) is 17.7. The summed E-state index contributed by atoms with van der Waals surface area (Å²) in [5, 5.41) is 7.13. The van der Waals surface area contributed by atoms with E-state index >= 15 is 0 Å². The molecule has 164 valence electrons. The monoisotopic (exact) mass is 461 g/mol. The molecule has 3 rings (SSSR count). The third-order valence-corrected chi connectivity index (χ3v) is 5.41. The maximum Gasteiger partial charge on any atom is 0.340 e. The third-order valence-electron chi connectivity index (χ3n) is 4.94. The Labute approximate surface area is 191 Å². The maximum atomic E-state index is 13.0. The smallest absolute Gasteiger partial charge is 0.340 e. The van der Waals surface area contributed by atoms with Crippen molar-refractivity contribution in [3.05, 3.63) is 62.9 Å². The topological polar surface area (TPSA) is 92.5 Å². The van der Waals surface area contributed by atoms with Gasteiger partial charge in [-0.2, -0.15) is 0 Å². The SMILES string of the molecule is CCOC(=O)C1=C(c2[nH]c(C)c(C(=O)OCC)c2C)NC(=S)NC1c1ccc(Cl)cc1. The summed E-state index contributed by atoms with van der Waals surface area (Å²) in [6, 6.07) is 6.57. The number of nitrogens with one attached hydrogen (secondary N) is 3. The highest BCUT2D eigenvalue weighted by Gasteiger charge is 2.35. The Balaban J connectivity index is 2.22. The predicted octanol–water partition coefficient (Wildman–Crippen LogP) is 3.95. The minimum Gasteiger partial charge on any atom is -0.463 e. The van der Waals surface area contributed by atoms with Crippen molar-refractivity contribution >= 4 is 46.6 Å². The largest absolute Gasteiger partial charge is 0.463 e. The Morgan fingerprint density at radius 2 is 1.68 bits per heavy atom. The molecule has 1 aliphatic rings. The molecule has 1 aromatic carbocycles. The van der Waals surface area contributed by atoms with Gasteiger partial charge in [0.1, 0.15) is 0 Å². The Hall–Kier alpha value is -2.84. The van der Waals surface area contributed by atoms with E-state index in [0.29, 0.717) is 43.9 Å². The van der Waals surface area contributed by atoms with Crippen LogP contribution >= 0.6 is 23.8 Å². The second kappa shape index (κ2) is 9.53. The van der Waals surface area contributed by atoms with Crippen molar-refractivity contribution in [1.82, 2.24) is 15.6 Å². The van der Waals surface area contributed by atoms with Gasteiger partial charge in [0, 0.05) is 10.7 Å². The van der Waals surface area contributed by atoms with E-state index in [2.05, 4.69) is 15.6 Å². The molecule has 1 aromatic heterocycles. The molecule has 0 amide bonds. The van der Waals surface area contributed by atoms with E-state index in [1.165, 1.54) is 0 Å². The van der Waals surface area contributed by atoms with E-state index in [9.17, 15) is 9.59 Å². The van der Waals surface area contributed by atoms with Crippen LogP contribution in [0.1, 0.15) is 52.8 Å². The average Bonchev–Trinajstić information content (AvgIpc) is 3.02. The molecule has 31 heavy (non-hydrogen) atoms. The van der Waals surface area contributed by atoms with Crippen LogP contribution in [0.5, 0.6) is 0 Å². The molecule has 0 radical (unpaired) electrons. The quantitative estimate of drug-likeness (QED) is 0.443. The first-order valence-corrected chi connectivity index (χ1v) is 10.7. The Bertz CT molecular complexity index is 1060. The van der Waals surface area contributed by atoms with Crippen LogP contribution < -0.4 is 10.6 Å². The number of carbonyl (C=O) groups is 2. The Morgan fingerprint density at radius 1 is 1.06 bits per heavy atom. The molecule has 0 saturated carbocycles. The van der Waals surface area contributed by atoms with E-state index in [4.69, 9.17) is 33.3 Å². The molecule has 2 heterocycles. The second-order valence-electron chi connectivity index (χ2n) is 6.94. The number of aryl methyl sites for hydroxylation is 1. The molecule has 7 nitrogen and oxygen atoms in total. The number of rotatable bonds is 6. The van der Waals surface area contributed by atoms with Gasteiger partial charge < -0.3 is 25.1 Å². The lowest BCUT2D eigenvalue weighted by molar-refractivity contribution is -0.138. The minimum absolute atomic E-state index is 0.213. The molecule has 0 fully saturated rings. The lowest BCUT2D eigenvalue weighted by Crippen LogP contribution is -2.45. The summed E-state index contributed by atoms with van der Waals surface area (Å²) >= 11 is 11.5. The molecule has 0 spiro atoms. The summed E-state index contributed by atoms with van der Waals surface area (Å²) in [5.41, 5.74) is 3.89. The highest BCUT2D eigenvalue weighted by Crippen LogP contribution is 2.34. The number of carbonyl (C=O) groups excluding carboxylic acids is 2. The highest BCUT2D eigenvalue weighted by atomic mass is 35.5. The van der Waals surface area contributed by atoms with Crippen LogP contribution in [0.2, 0.25) is 5.02 Å². The lowest BCUT2D eigenvalue weighted by Gasteiger charge is -2.31. The number of benzene rings is 1. The predicted molar refractivity (Wildman–Crippen MR) is 123 cm³/mol. The molecule has 2 aromatic rings. The van der Waals surface area contributed by atoms with Gasteiger partial charge in [0.05, 0.1) is 41.8 Å². The molecule has 9 heteroatoms. The van der Waals surface area contributed by atoms with Crippen LogP contribution in [0, 0.1) is 13.8 Å². The summed E-state index contributed by atoms with van der Waals surface area (Å²) < 4.78 is 10.5. The number of esters is 2. The van der Waals surface area contributed by atoms with Crippen LogP contribution in [0.3, 0.4) is 0 Å². The Morgan fingerprint density at radius 3 is 2.29 bits per heavy atom. The first kappa shape index (κ1) is 22.8. The van der Waals surface area contributed by atoms with Crippen molar-refractivity contribution in [1.29, 1.82) is 0 Å². The molecule has 1 aliphatic heterocycles. The number of thiocarbonyl (C=S) groups is 1. The van der Waals surface area contributed by atoms with Gasteiger partial charge in [-0.05, 0) is 63.2 Å². The summed E-state index contributed by atoms with van der Waals surface area (Å²) in [7, 11) is 0. The van der Waals surface area contributed by atoms with Crippen molar-refractivity contribution in [2.45, 2.75) is 33.7 Å². The van der Waals surface area contributed by atoms with E-state index in [1.807, 2.05) is 12.1 Å². The Kier molecular flexibility index (Phi) is 7.02. The molecule has 0 aliphatic carbocycles. The highest BCUT2D eigenvalue weighted by molar-refractivity contribution is 7.80. The fourth-order valence-corrected chi connectivity index (χ4v) is 3.95. The van der Waals surface area contributed by atoms with Gasteiger partial charge in [0.15, 0.2) is 5.11 Å². The summed E-state index contributed by atoms with van der Waals surface area (Å²) in [6.07, 6.45) is 0. The zero-order chi connectivity index (χ0) is 22.7. The van der Waals surface area contributed by atoms with Gasteiger partial charge in [0.2, 0.25) is 0 Å². The fourth-order valence-electron chi connectivity index (χ4n) is 3.61. The van der Waals surface area contributed by atoms with Gasteiger partial charge in [-0.25, -0.2) is 9.59 Å². The second-order valence-corrected chi connectivity index (χ2v) is 7.78. The molecule has 1 atom stereocenters. The molecule has 0 bridgehead atoms. The van der Waals surface area contributed by atoms with Crippen molar-refractivity contribution in [2.24, 2.45) is 0 Å². The first-order chi connectivity index (χ1) is 14.8. The average molecular weight is 462 g/mol. The molecule has 0 saturated heterocycles. The van der Waals surface area contributed by atoms with Gasteiger partial charge in [0.25, 0.3) is 0 Å². The molecular weight excluding hydrogens is 438 g/mol. The van der Waals surface area contributed by atoms with Crippen LogP contribution in [-0.4, -0.2) is 35.2 Å². The summed E-state index contributed by atoms with van der Waals surface area (Å²) in [5.74, 6) is -0.923. The van der Waals surface area contributed by atoms with Gasteiger partial charge in [-0.3, -0.25) is 0 Å². The maximum absolute atomic E-state index is 13.0. The molecule has 1 unspecified atom stereocenters. The zero-order valence-corrected chi connectivity index (χ0v) is 19.3. The van der Waals surface area contributed by atoms with Gasteiger partial charge in [-0.1, -0.05) is 23.7 Å². The van der Waals surface area contributed by atoms with Crippen molar-refractivity contribution in [3.63, 3.8) is 0 Å². The minimum atomic E-state index is -0.561. The van der Waals surface area contributed by atoms with Crippen molar-refractivity contribution < 1.29 is 19.1 Å². The number of H-pyrrole nitrogens is 1. The fraction of sp³-hybridized carbons (Fsp3) is 0.318. The van der Waals surface area contributed by atoms with Crippen LogP contribution in [-0.2, 0) is 14.3 Å². The summed E-state index contributed by atoms with van der Waals surface area (Å²) in [4.78, 5) is 28.7. The van der Waals surface area contributed by atoms with Crippen LogP contribution in [0.15, 0.2) is 29.8 Å². The standard InChI is InChI=1S/C22H24ClN3O4S/c1-5-29-20(27)15-11(3)17(24-12(15)4)19-16(21(28)30-6-2)18(25-22(31)26-19)13-7-9-14(23)10-8-13/h7-10,18,24H,5-6H2,1-4H3,(H2,25,26,31). The van der Waals surface area contributed by atoms with Crippen molar-refractivity contribution in [2.75, 3.05) is 13.2 Å². The van der Waals surface area contributed by atoms with Crippen molar-refractivity contribution in [3.8, 4) is 0 Å². The van der Waals surface area contributed by atoms with Crippen LogP contribution in [0.4, 0.5) is 0 Å². The number of hydrogen-bond acceptors (Lipinski definition) is 5. The number of hydrogen-bond donors (Lipinski definition) is 3. The first-order valence-electron chi connectivity index (χ1n) is 9.89. The van der Waals surface area contributed by atoms with E-state index in [-0.39, 0.29) is 13.2 Å². The number of aromatic amines is 1. The lowest BCUT2D eigenvalue weighted by atomic mass is 9.93. The van der Waals surface area contributed by atoms with Gasteiger partial charge in [-0.15, -0.1) is 0 Å². The normalized spacial score (nSPS) is 15.9. The number of aromatic nitrogens is 1. The molecule has 3 N–H and O–H groups in total. The third kappa shape index (κ3) is 4.60. The van der Waals surface area contributed by atoms with Crippen LogP contribution in [0.25, 0.3) is 5.70 Å². The number of halogens is 1. The van der Waals surface area contributed by atoms with E-state index in [0.717, 1.165) is 5.56 Å². The molecular formula is C22H24ClN3O4S.